The van der Waals surface area contributed by atoms with Crippen molar-refractivity contribution in [1.29, 1.82) is 0 Å². The van der Waals surface area contributed by atoms with Gasteiger partial charge in [-0.15, -0.1) is 0 Å². The first kappa shape index (κ1) is 13.8. The number of thioether (sulfide) groups is 1. The first-order valence-corrected chi connectivity index (χ1v) is 7.59. The monoisotopic (exact) mass is 297 g/mol. The largest absolute Gasteiger partial charge is 0.373 e. The minimum absolute atomic E-state index is 0.678. The molecule has 0 bridgehead atoms. The van der Waals surface area contributed by atoms with Crippen LogP contribution < -0.4 is 5.32 Å². The van der Waals surface area contributed by atoms with Crippen molar-refractivity contribution in [3.63, 3.8) is 0 Å². The molecule has 0 aliphatic carbocycles. The summed E-state index contributed by atoms with van der Waals surface area (Å²) in [6.45, 7) is 1.97. The molecule has 0 amide bonds. The summed E-state index contributed by atoms with van der Waals surface area (Å²) in [6.07, 6.45) is 1.60. The van der Waals surface area contributed by atoms with Gasteiger partial charge in [0.2, 0.25) is 0 Å². The van der Waals surface area contributed by atoms with Crippen molar-refractivity contribution in [3.05, 3.63) is 48.2 Å². The molecule has 6 heteroatoms. The van der Waals surface area contributed by atoms with Crippen LogP contribution in [0.15, 0.2) is 41.7 Å². The van der Waals surface area contributed by atoms with Crippen molar-refractivity contribution < 1.29 is 0 Å². The second-order valence-corrected chi connectivity index (χ2v) is 5.51. The molecule has 1 N–H and O–H groups in total. The Bertz CT molecular complexity index is 770. The van der Waals surface area contributed by atoms with Gasteiger partial charge in [0, 0.05) is 24.2 Å². The predicted octanol–water partition coefficient (Wildman–Crippen LogP) is 3.06. The van der Waals surface area contributed by atoms with Crippen LogP contribution in [0.1, 0.15) is 11.5 Å². The van der Waals surface area contributed by atoms with E-state index in [1.807, 2.05) is 44.3 Å². The number of nitrogens with zero attached hydrogens (tertiary/aromatic N) is 4. The molecule has 0 saturated carbocycles. The van der Waals surface area contributed by atoms with Crippen LogP contribution >= 0.6 is 11.8 Å². The second kappa shape index (κ2) is 6.05. The van der Waals surface area contributed by atoms with E-state index in [9.17, 15) is 0 Å². The standard InChI is InChI=1S/C15H15N5S/c1-10-7-13(16-2)20-14(19-10)8-21-15-11-5-3-4-6-12(11)17-9-18-15/h3-7,9H,8H2,1-2H3,(H,16,19,20). The molecule has 0 aliphatic rings. The van der Waals surface area contributed by atoms with Gasteiger partial charge in [-0.05, 0) is 13.0 Å². The fourth-order valence-corrected chi connectivity index (χ4v) is 2.90. The van der Waals surface area contributed by atoms with E-state index in [-0.39, 0.29) is 0 Å². The van der Waals surface area contributed by atoms with E-state index in [0.717, 1.165) is 33.3 Å². The minimum atomic E-state index is 0.678. The highest BCUT2D eigenvalue weighted by molar-refractivity contribution is 7.98. The summed E-state index contributed by atoms with van der Waals surface area (Å²) < 4.78 is 0. The summed E-state index contributed by atoms with van der Waals surface area (Å²) in [7, 11) is 1.86. The van der Waals surface area contributed by atoms with Crippen molar-refractivity contribution in [2.75, 3.05) is 12.4 Å². The average Bonchev–Trinajstić information content (AvgIpc) is 2.52. The zero-order valence-corrected chi connectivity index (χ0v) is 12.7. The SMILES string of the molecule is CNc1cc(C)nc(CSc2ncnc3ccccc23)n1. The number of nitrogens with one attached hydrogen (secondary N) is 1. The summed E-state index contributed by atoms with van der Waals surface area (Å²) in [5.74, 6) is 2.31. The Hall–Kier alpha value is -2.21. The zero-order valence-electron chi connectivity index (χ0n) is 11.9. The first-order chi connectivity index (χ1) is 10.3. The van der Waals surface area contributed by atoms with Gasteiger partial charge in [-0.25, -0.2) is 19.9 Å². The Balaban J connectivity index is 1.85. The smallest absolute Gasteiger partial charge is 0.141 e. The normalized spacial score (nSPS) is 10.8. The topological polar surface area (TPSA) is 63.6 Å². The molecule has 0 fully saturated rings. The number of rotatable bonds is 4. The summed E-state index contributed by atoms with van der Waals surface area (Å²) in [6, 6.07) is 9.93. The summed E-state index contributed by atoms with van der Waals surface area (Å²) in [5, 5.41) is 5.07. The van der Waals surface area contributed by atoms with Crippen LogP contribution in [0.2, 0.25) is 0 Å². The fourth-order valence-electron chi connectivity index (χ4n) is 2.05. The Morgan fingerprint density at radius 2 is 2.00 bits per heavy atom. The van der Waals surface area contributed by atoms with Gasteiger partial charge in [0.05, 0.1) is 11.3 Å². The lowest BCUT2D eigenvalue weighted by Crippen LogP contribution is -2.00. The van der Waals surface area contributed by atoms with Gasteiger partial charge in [0.1, 0.15) is 23.0 Å². The van der Waals surface area contributed by atoms with Crippen LogP contribution in [-0.2, 0) is 5.75 Å². The number of hydrogen-bond acceptors (Lipinski definition) is 6. The Labute approximate surface area is 127 Å². The Kier molecular flexibility index (Phi) is 3.96. The molecule has 0 atom stereocenters. The van der Waals surface area contributed by atoms with Crippen LogP contribution in [0.25, 0.3) is 10.9 Å². The number of fused-ring (bicyclic) bond motifs is 1. The van der Waals surface area contributed by atoms with E-state index in [1.165, 1.54) is 0 Å². The predicted molar refractivity (Wildman–Crippen MR) is 85.4 cm³/mol. The lowest BCUT2D eigenvalue weighted by molar-refractivity contribution is 0.993. The molecular weight excluding hydrogens is 282 g/mol. The molecule has 3 aromatic rings. The molecular formula is C15H15N5S. The molecule has 106 valence electrons. The molecule has 0 aliphatic heterocycles. The highest BCUT2D eigenvalue weighted by Crippen LogP contribution is 2.26. The quantitative estimate of drug-likeness (QED) is 0.590. The van der Waals surface area contributed by atoms with E-state index >= 15 is 0 Å². The molecule has 5 nitrogen and oxygen atoms in total. The molecule has 0 saturated heterocycles. The maximum atomic E-state index is 4.46. The van der Waals surface area contributed by atoms with Crippen molar-refractivity contribution in [3.8, 4) is 0 Å². The average molecular weight is 297 g/mol. The van der Waals surface area contributed by atoms with Crippen LogP contribution in [-0.4, -0.2) is 27.0 Å². The van der Waals surface area contributed by atoms with Crippen molar-refractivity contribution >= 4 is 28.5 Å². The third kappa shape index (κ3) is 3.11. The number of aryl methyl sites for hydroxylation is 1. The van der Waals surface area contributed by atoms with Crippen molar-refractivity contribution in [2.24, 2.45) is 0 Å². The fraction of sp³-hybridized carbons (Fsp3) is 0.200. The highest BCUT2D eigenvalue weighted by Gasteiger charge is 2.07. The van der Waals surface area contributed by atoms with E-state index in [2.05, 4.69) is 25.3 Å². The minimum Gasteiger partial charge on any atom is -0.373 e. The number of anilines is 1. The van der Waals surface area contributed by atoms with E-state index < -0.39 is 0 Å². The lowest BCUT2D eigenvalue weighted by Gasteiger charge is -2.06. The van der Waals surface area contributed by atoms with Crippen LogP contribution in [0.3, 0.4) is 0 Å². The van der Waals surface area contributed by atoms with Gasteiger partial charge in [0.25, 0.3) is 0 Å². The van der Waals surface area contributed by atoms with Gasteiger partial charge >= 0.3 is 0 Å². The third-order valence-corrected chi connectivity index (χ3v) is 4.00. The summed E-state index contributed by atoms with van der Waals surface area (Å²) >= 11 is 1.63. The Morgan fingerprint density at radius 3 is 2.86 bits per heavy atom. The third-order valence-electron chi connectivity index (χ3n) is 3.00. The molecule has 0 unspecified atom stereocenters. The van der Waals surface area contributed by atoms with E-state index in [4.69, 9.17) is 0 Å². The Morgan fingerprint density at radius 1 is 1.14 bits per heavy atom. The first-order valence-electron chi connectivity index (χ1n) is 6.61. The maximum Gasteiger partial charge on any atom is 0.141 e. The van der Waals surface area contributed by atoms with Crippen LogP contribution in [0.4, 0.5) is 5.82 Å². The number of para-hydroxylation sites is 1. The summed E-state index contributed by atoms with van der Waals surface area (Å²) in [5.41, 5.74) is 1.91. The van der Waals surface area contributed by atoms with Crippen molar-refractivity contribution in [2.45, 2.75) is 17.7 Å². The molecule has 1 aromatic carbocycles. The number of benzene rings is 1. The second-order valence-electron chi connectivity index (χ2n) is 4.55. The molecule has 21 heavy (non-hydrogen) atoms. The van der Waals surface area contributed by atoms with Gasteiger partial charge in [0.15, 0.2) is 0 Å². The maximum absolute atomic E-state index is 4.46. The molecule has 3 rings (SSSR count). The van der Waals surface area contributed by atoms with E-state index in [0.29, 0.717) is 5.75 Å². The van der Waals surface area contributed by atoms with Gasteiger partial charge in [-0.3, -0.25) is 0 Å². The van der Waals surface area contributed by atoms with Gasteiger partial charge in [-0.2, -0.15) is 0 Å². The number of hydrogen-bond donors (Lipinski definition) is 1. The number of aromatic nitrogens is 4. The summed E-state index contributed by atoms with van der Waals surface area (Å²) in [4.78, 5) is 17.6. The zero-order chi connectivity index (χ0) is 14.7. The van der Waals surface area contributed by atoms with Gasteiger partial charge < -0.3 is 5.32 Å². The lowest BCUT2D eigenvalue weighted by atomic mass is 10.2. The molecule has 0 spiro atoms. The highest BCUT2D eigenvalue weighted by atomic mass is 32.2. The molecule has 2 aromatic heterocycles. The van der Waals surface area contributed by atoms with Crippen LogP contribution in [0.5, 0.6) is 0 Å². The van der Waals surface area contributed by atoms with Gasteiger partial charge in [-0.1, -0.05) is 30.0 Å². The van der Waals surface area contributed by atoms with E-state index in [1.54, 1.807) is 18.1 Å². The van der Waals surface area contributed by atoms with Crippen LogP contribution in [0, 0.1) is 6.92 Å². The van der Waals surface area contributed by atoms with Crippen molar-refractivity contribution in [1.82, 2.24) is 19.9 Å². The molecule has 2 heterocycles. The molecule has 0 radical (unpaired) electrons.